The van der Waals surface area contributed by atoms with Crippen LogP contribution in [0, 0.1) is 0 Å². The molecule has 0 unspecified atom stereocenters. The molecule has 104 valence electrons. The van der Waals surface area contributed by atoms with Crippen molar-refractivity contribution in [3.05, 3.63) is 24.0 Å². The molecule has 0 spiro atoms. The third-order valence-electron chi connectivity index (χ3n) is 3.25. The summed E-state index contributed by atoms with van der Waals surface area (Å²) in [6, 6.07) is 5.54. The number of hydrogen-bond donors (Lipinski definition) is 1. The van der Waals surface area contributed by atoms with Crippen LogP contribution in [0.15, 0.2) is 18.2 Å². The number of ether oxygens (including phenoxy) is 2. The van der Waals surface area contributed by atoms with Gasteiger partial charge in [0.1, 0.15) is 5.82 Å². The van der Waals surface area contributed by atoms with E-state index in [-0.39, 0.29) is 5.95 Å². The van der Waals surface area contributed by atoms with E-state index in [2.05, 4.69) is 15.0 Å². The second kappa shape index (κ2) is 4.96. The van der Waals surface area contributed by atoms with Crippen molar-refractivity contribution in [2.24, 2.45) is 0 Å². The molecule has 20 heavy (non-hydrogen) atoms. The van der Waals surface area contributed by atoms with Crippen LogP contribution in [0.25, 0.3) is 11.4 Å². The zero-order valence-electron chi connectivity index (χ0n) is 11.5. The van der Waals surface area contributed by atoms with Gasteiger partial charge in [-0.25, -0.2) is 4.98 Å². The smallest absolute Gasteiger partial charge is 0.223 e. The minimum Gasteiger partial charge on any atom is -0.493 e. The van der Waals surface area contributed by atoms with Gasteiger partial charge in [-0.15, -0.1) is 0 Å². The van der Waals surface area contributed by atoms with Crippen molar-refractivity contribution in [2.45, 2.75) is 18.8 Å². The Morgan fingerprint density at radius 2 is 1.80 bits per heavy atom. The zero-order chi connectivity index (χ0) is 14.1. The molecule has 1 fully saturated rings. The number of rotatable bonds is 4. The van der Waals surface area contributed by atoms with Crippen molar-refractivity contribution in [3.8, 4) is 22.9 Å². The van der Waals surface area contributed by atoms with Gasteiger partial charge in [-0.1, -0.05) is 0 Å². The molecule has 0 amide bonds. The first-order valence-corrected chi connectivity index (χ1v) is 6.45. The van der Waals surface area contributed by atoms with Crippen LogP contribution in [-0.4, -0.2) is 29.2 Å². The molecular formula is C14H16N4O2. The van der Waals surface area contributed by atoms with Crippen LogP contribution in [0.5, 0.6) is 11.5 Å². The predicted octanol–water partition coefficient (Wildman–Crippen LogP) is 2.02. The fraction of sp³-hybridized carbons (Fsp3) is 0.357. The van der Waals surface area contributed by atoms with Gasteiger partial charge in [0.15, 0.2) is 17.3 Å². The second-order valence-electron chi connectivity index (χ2n) is 4.72. The lowest BCUT2D eigenvalue weighted by Crippen LogP contribution is -2.04. The summed E-state index contributed by atoms with van der Waals surface area (Å²) in [5.74, 6) is 3.34. The monoisotopic (exact) mass is 272 g/mol. The summed E-state index contributed by atoms with van der Waals surface area (Å²) in [4.78, 5) is 12.9. The lowest BCUT2D eigenvalue weighted by Gasteiger charge is -2.09. The molecule has 1 aliphatic carbocycles. The first-order chi connectivity index (χ1) is 9.71. The molecule has 1 saturated carbocycles. The van der Waals surface area contributed by atoms with E-state index in [1.54, 1.807) is 14.2 Å². The lowest BCUT2D eigenvalue weighted by atomic mass is 10.2. The van der Waals surface area contributed by atoms with E-state index in [0.29, 0.717) is 23.2 Å². The summed E-state index contributed by atoms with van der Waals surface area (Å²) in [6.07, 6.45) is 2.24. The van der Waals surface area contributed by atoms with E-state index in [9.17, 15) is 0 Å². The maximum Gasteiger partial charge on any atom is 0.223 e. The number of nitrogens with zero attached hydrogens (tertiary/aromatic N) is 3. The second-order valence-corrected chi connectivity index (χ2v) is 4.72. The normalized spacial score (nSPS) is 14.1. The van der Waals surface area contributed by atoms with Gasteiger partial charge in [-0.3, -0.25) is 0 Å². The summed E-state index contributed by atoms with van der Waals surface area (Å²) in [7, 11) is 3.20. The summed E-state index contributed by atoms with van der Waals surface area (Å²) in [5, 5.41) is 0. The Morgan fingerprint density at radius 3 is 2.45 bits per heavy atom. The van der Waals surface area contributed by atoms with E-state index >= 15 is 0 Å². The molecule has 0 radical (unpaired) electrons. The highest BCUT2D eigenvalue weighted by Crippen LogP contribution is 2.39. The molecule has 0 atom stereocenters. The van der Waals surface area contributed by atoms with Crippen LogP contribution in [0.4, 0.5) is 5.95 Å². The number of anilines is 1. The molecule has 2 aromatic rings. The highest BCUT2D eigenvalue weighted by Gasteiger charge is 2.27. The van der Waals surface area contributed by atoms with Gasteiger partial charge in [0.25, 0.3) is 0 Å². The van der Waals surface area contributed by atoms with Crippen LogP contribution in [0.3, 0.4) is 0 Å². The fourth-order valence-electron chi connectivity index (χ4n) is 2.04. The van der Waals surface area contributed by atoms with Crippen LogP contribution in [-0.2, 0) is 0 Å². The molecule has 1 aliphatic rings. The molecule has 3 rings (SSSR count). The van der Waals surface area contributed by atoms with E-state index < -0.39 is 0 Å². The van der Waals surface area contributed by atoms with Gasteiger partial charge in [-0.2, -0.15) is 9.97 Å². The minimum absolute atomic E-state index is 0.256. The summed E-state index contributed by atoms with van der Waals surface area (Å²) < 4.78 is 10.5. The van der Waals surface area contributed by atoms with E-state index in [1.807, 2.05) is 18.2 Å². The van der Waals surface area contributed by atoms with Crippen molar-refractivity contribution in [1.29, 1.82) is 0 Å². The van der Waals surface area contributed by atoms with Crippen LogP contribution < -0.4 is 15.2 Å². The number of methoxy groups -OCH3 is 2. The molecule has 2 N–H and O–H groups in total. The zero-order valence-corrected chi connectivity index (χ0v) is 11.5. The van der Waals surface area contributed by atoms with E-state index in [4.69, 9.17) is 15.2 Å². The van der Waals surface area contributed by atoms with E-state index in [0.717, 1.165) is 24.2 Å². The number of hydrogen-bond acceptors (Lipinski definition) is 6. The Bertz CT molecular complexity index is 641. The number of nitrogen functional groups attached to an aromatic ring is 1. The molecule has 0 aliphatic heterocycles. The van der Waals surface area contributed by atoms with Gasteiger partial charge < -0.3 is 15.2 Å². The number of nitrogens with two attached hydrogens (primary N) is 1. The van der Waals surface area contributed by atoms with Gasteiger partial charge in [0, 0.05) is 11.5 Å². The third-order valence-corrected chi connectivity index (χ3v) is 3.25. The average molecular weight is 272 g/mol. The van der Waals surface area contributed by atoms with Crippen LogP contribution in [0.2, 0.25) is 0 Å². The number of benzene rings is 1. The highest BCUT2D eigenvalue weighted by molar-refractivity contribution is 5.61. The van der Waals surface area contributed by atoms with Crippen LogP contribution >= 0.6 is 0 Å². The first-order valence-electron chi connectivity index (χ1n) is 6.45. The van der Waals surface area contributed by atoms with Crippen LogP contribution in [0.1, 0.15) is 24.6 Å². The maximum absolute atomic E-state index is 5.77. The Balaban J connectivity index is 2.03. The Labute approximate surface area is 117 Å². The molecule has 1 heterocycles. The average Bonchev–Trinajstić information content (AvgIpc) is 3.30. The van der Waals surface area contributed by atoms with Gasteiger partial charge >= 0.3 is 0 Å². The van der Waals surface area contributed by atoms with Crippen molar-refractivity contribution < 1.29 is 9.47 Å². The molecule has 1 aromatic heterocycles. The van der Waals surface area contributed by atoms with Crippen molar-refractivity contribution in [3.63, 3.8) is 0 Å². The Morgan fingerprint density at radius 1 is 1.05 bits per heavy atom. The van der Waals surface area contributed by atoms with Gasteiger partial charge in [-0.05, 0) is 31.0 Å². The number of aromatic nitrogens is 3. The molecule has 6 heteroatoms. The third kappa shape index (κ3) is 2.36. The molecule has 0 bridgehead atoms. The largest absolute Gasteiger partial charge is 0.493 e. The van der Waals surface area contributed by atoms with E-state index in [1.165, 1.54) is 0 Å². The summed E-state index contributed by atoms with van der Waals surface area (Å²) in [5.41, 5.74) is 6.60. The summed E-state index contributed by atoms with van der Waals surface area (Å²) >= 11 is 0. The minimum atomic E-state index is 0.256. The molecule has 1 aromatic carbocycles. The van der Waals surface area contributed by atoms with Gasteiger partial charge in [0.2, 0.25) is 5.95 Å². The van der Waals surface area contributed by atoms with Crippen molar-refractivity contribution >= 4 is 5.95 Å². The van der Waals surface area contributed by atoms with Crippen molar-refractivity contribution in [2.75, 3.05) is 20.0 Å². The van der Waals surface area contributed by atoms with Crippen molar-refractivity contribution in [1.82, 2.24) is 15.0 Å². The maximum atomic E-state index is 5.77. The molecular weight excluding hydrogens is 256 g/mol. The standard InChI is InChI=1S/C14H16N4O2/c1-19-10-6-5-9(7-11(10)20-2)13-16-12(8-3-4-8)17-14(15)18-13/h5-8H,3-4H2,1-2H3,(H2,15,16,17,18). The highest BCUT2D eigenvalue weighted by atomic mass is 16.5. The quantitative estimate of drug-likeness (QED) is 0.916. The summed E-state index contributed by atoms with van der Waals surface area (Å²) in [6.45, 7) is 0. The lowest BCUT2D eigenvalue weighted by molar-refractivity contribution is 0.355. The SMILES string of the molecule is COc1ccc(-c2nc(N)nc(C3CC3)n2)cc1OC. The Kier molecular flexibility index (Phi) is 3.14. The predicted molar refractivity (Wildman–Crippen MR) is 74.8 cm³/mol. The van der Waals surface area contributed by atoms with Gasteiger partial charge in [0.05, 0.1) is 14.2 Å². The fourth-order valence-corrected chi connectivity index (χ4v) is 2.04. The topological polar surface area (TPSA) is 83.2 Å². The molecule has 0 saturated heterocycles. The molecule has 6 nitrogen and oxygen atoms in total. The first kappa shape index (κ1) is 12.7. The Hall–Kier alpha value is -2.37.